The van der Waals surface area contributed by atoms with E-state index in [1.807, 2.05) is 0 Å². The molecule has 3 fully saturated rings. The molecular weight excluding hydrogens is 208 g/mol. The molecular formula is C16H28O. The van der Waals surface area contributed by atoms with Gasteiger partial charge in [0.15, 0.2) is 0 Å². The van der Waals surface area contributed by atoms with Crippen LogP contribution in [0.3, 0.4) is 0 Å². The first-order valence-electron chi connectivity index (χ1n) is 7.70. The largest absolute Gasteiger partial charge is 0.393 e. The molecule has 98 valence electrons. The highest BCUT2D eigenvalue weighted by molar-refractivity contribution is 5.05. The maximum atomic E-state index is 10.3. The van der Waals surface area contributed by atoms with Gasteiger partial charge in [0.05, 0.1) is 6.10 Å². The lowest BCUT2D eigenvalue weighted by Crippen LogP contribution is -2.40. The maximum Gasteiger partial charge on any atom is 0.0571 e. The van der Waals surface area contributed by atoms with E-state index in [1.165, 1.54) is 32.1 Å². The Balaban J connectivity index is 1.76. The third-order valence-corrected chi connectivity index (χ3v) is 6.86. The molecule has 0 radical (unpaired) electrons. The van der Waals surface area contributed by atoms with Gasteiger partial charge in [0, 0.05) is 0 Å². The third kappa shape index (κ3) is 1.69. The van der Waals surface area contributed by atoms with Crippen molar-refractivity contribution in [3.63, 3.8) is 0 Å². The molecule has 0 aromatic carbocycles. The van der Waals surface area contributed by atoms with E-state index >= 15 is 0 Å². The second kappa shape index (κ2) is 3.98. The van der Waals surface area contributed by atoms with Gasteiger partial charge >= 0.3 is 0 Å². The third-order valence-electron chi connectivity index (χ3n) is 6.86. The standard InChI is InChI=1S/C16H28O/c1-10-13-8-11(16(10,2)3)9-14(13)12-6-4-5-7-15(12)17/h10-15,17H,4-9H2,1-3H3/t10-,11+,12-,13+,14+,15+/m0/s1. The lowest BCUT2D eigenvalue weighted by molar-refractivity contribution is -0.0113. The minimum Gasteiger partial charge on any atom is -0.393 e. The van der Waals surface area contributed by atoms with Crippen LogP contribution in [0.1, 0.15) is 59.3 Å². The highest BCUT2D eigenvalue weighted by Crippen LogP contribution is 2.63. The Morgan fingerprint density at radius 2 is 1.59 bits per heavy atom. The monoisotopic (exact) mass is 236 g/mol. The van der Waals surface area contributed by atoms with Crippen LogP contribution in [0.15, 0.2) is 0 Å². The van der Waals surface area contributed by atoms with E-state index in [0.717, 1.165) is 30.1 Å². The summed E-state index contributed by atoms with van der Waals surface area (Å²) in [7, 11) is 0. The van der Waals surface area contributed by atoms with E-state index in [0.29, 0.717) is 11.3 Å². The molecule has 3 rings (SSSR count). The molecule has 3 aliphatic carbocycles. The Hall–Kier alpha value is -0.0400. The zero-order valence-corrected chi connectivity index (χ0v) is 11.7. The predicted octanol–water partition coefficient (Wildman–Crippen LogP) is 3.86. The maximum absolute atomic E-state index is 10.3. The van der Waals surface area contributed by atoms with Crippen molar-refractivity contribution in [1.29, 1.82) is 0 Å². The zero-order valence-electron chi connectivity index (χ0n) is 11.7. The predicted molar refractivity (Wildman–Crippen MR) is 70.6 cm³/mol. The van der Waals surface area contributed by atoms with E-state index in [-0.39, 0.29) is 6.10 Å². The first-order valence-corrected chi connectivity index (χ1v) is 7.70. The van der Waals surface area contributed by atoms with Gasteiger partial charge < -0.3 is 5.11 Å². The first-order chi connectivity index (χ1) is 8.01. The molecule has 1 heteroatoms. The normalized spacial score (nSPS) is 52.9. The smallest absolute Gasteiger partial charge is 0.0571 e. The van der Waals surface area contributed by atoms with E-state index in [1.54, 1.807) is 0 Å². The molecule has 0 heterocycles. The Morgan fingerprint density at radius 3 is 2.18 bits per heavy atom. The summed E-state index contributed by atoms with van der Waals surface area (Å²) in [5.74, 6) is 4.19. The van der Waals surface area contributed by atoms with Crippen LogP contribution in [0.25, 0.3) is 0 Å². The molecule has 1 N–H and O–H groups in total. The van der Waals surface area contributed by atoms with Gasteiger partial charge in [-0.25, -0.2) is 0 Å². The van der Waals surface area contributed by atoms with E-state index < -0.39 is 0 Å². The Kier molecular flexibility index (Phi) is 2.81. The van der Waals surface area contributed by atoms with E-state index in [4.69, 9.17) is 0 Å². The summed E-state index contributed by atoms with van der Waals surface area (Å²) in [5.41, 5.74) is 0.556. The summed E-state index contributed by atoms with van der Waals surface area (Å²) in [5, 5.41) is 10.3. The Labute approximate surface area is 106 Å². The number of hydrogen-bond donors (Lipinski definition) is 1. The van der Waals surface area contributed by atoms with Gasteiger partial charge in [0.2, 0.25) is 0 Å². The highest BCUT2D eigenvalue weighted by atomic mass is 16.3. The van der Waals surface area contributed by atoms with Gasteiger partial charge in [-0.15, -0.1) is 0 Å². The summed E-state index contributed by atoms with van der Waals surface area (Å²) in [6.45, 7) is 7.40. The molecule has 2 bridgehead atoms. The van der Waals surface area contributed by atoms with Gasteiger partial charge in [-0.05, 0) is 60.7 Å². The van der Waals surface area contributed by atoms with Crippen molar-refractivity contribution in [3.05, 3.63) is 0 Å². The molecule has 0 unspecified atom stereocenters. The minimum atomic E-state index is 0.0170. The van der Waals surface area contributed by atoms with Crippen LogP contribution >= 0.6 is 0 Å². The molecule has 6 atom stereocenters. The van der Waals surface area contributed by atoms with Gasteiger partial charge in [0.25, 0.3) is 0 Å². The lowest BCUT2D eigenvalue weighted by atomic mass is 9.61. The van der Waals surface area contributed by atoms with Crippen molar-refractivity contribution < 1.29 is 5.11 Å². The number of aliphatic hydroxyl groups excluding tert-OH is 1. The second-order valence-electron chi connectivity index (χ2n) is 7.62. The topological polar surface area (TPSA) is 20.2 Å². The molecule has 1 nitrogen and oxygen atoms in total. The average molecular weight is 236 g/mol. The van der Waals surface area contributed by atoms with Gasteiger partial charge in [0.1, 0.15) is 0 Å². The average Bonchev–Trinajstić information content (AvgIpc) is 2.80. The minimum absolute atomic E-state index is 0.0170. The Morgan fingerprint density at radius 1 is 0.941 bits per heavy atom. The van der Waals surface area contributed by atoms with Crippen LogP contribution in [-0.2, 0) is 0 Å². The summed E-state index contributed by atoms with van der Waals surface area (Å²) in [4.78, 5) is 0. The molecule has 0 aliphatic heterocycles. The molecule has 3 aliphatic rings. The first kappa shape index (κ1) is 12.0. The fourth-order valence-electron chi connectivity index (χ4n) is 5.34. The van der Waals surface area contributed by atoms with Crippen LogP contribution in [0.4, 0.5) is 0 Å². The Bertz CT molecular complexity index is 292. The quantitative estimate of drug-likeness (QED) is 0.733. The zero-order chi connectivity index (χ0) is 12.2. The molecule has 0 spiro atoms. The summed E-state index contributed by atoms with van der Waals surface area (Å²) in [6, 6.07) is 0. The number of hydrogen-bond acceptors (Lipinski definition) is 1. The molecule has 3 saturated carbocycles. The van der Waals surface area contributed by atoms with Crippen molar-refractivity contribution in [2.45, 2.75) is 65.4 Å². The van der Waals surface area contributed by atoms with E-state index in [2.05, 4.69) is 20.8 Å². The molecule has 0 amide bonds. The molecule has 0 saturated heterocycles. The number of rotatable bonds is 1. The number of aliphatic hydroxyl groups is 1. The van der Waals surface area contributed by atoms with E-state index in [9.17, 15) is 5.11 Å². The number of fused-ring (bicyclic) bond motifs is 2. The van der Waals surface area contributed by atoms with Gasteiger partial charge in [-0.1, -0.05) is 33.6 Å². The van der Waals surface area contributed by atoms with Crippen molar-refractivity contribution in [2.24, 2.45) is 35.0 Å². The van der Waals surface area contributed by atoms with Crippen LogP contribution in [-0.4, -0.2) is 11.2 Å². The van der Waals surface area contributed by atoms with Crippen LogP contribution in [0.2, 0.25) is 0 Å². The van der Waals surface area contributed by atoms with Crippen LogP contribution in [0, 0.1) is 35.0 Å². The second-order valence-corrected chi connectivity index (χ2v) is 7.62. The summed E-state index contributed by atoms with van der Waals surface area (Å²) >= 11 is 0. The molecule has 0 aromatic heterocycles. The van der Waals surface area contributed by atoms with Crippen LogP contribution < -0.4 is 0 Å². The fourth-order valence-corrected chi connectivity index (χ4v) is 5.34. The van der Waals surface area contributed by atoms with Crippen molar-refractivity contribution >= 4 is 0 Å². The fraction of sp³-hybridized carbons (Fsp3) is 1.00. The van der Waals surface area contributed by atoms with Gasteiger partial charge in [-0.2, -0.15) is 0 Å². The van der Waals surface area contributed by atoms with Crippen molar-refractivity contribution in [1.82, 2.24) is 0 Å². The highest BCUT2D eigenvalue weighted by Gasteiger charge is 2.56. The molecule has 0 aromatic rings. The van der Waals surface area contributed by atoms with Crippen molar-refractivity contribution in [3.8, 4) is 0 Å². The van der Waals surface area contributed by atoms with Gasteiger partial charge in [-0.3, -0.25) is 0 Å². The SMILES string of the molecule is C[C@H]1[C@H]2C[C@H](C[C@@H]2[C@@H]2CCCC[C@H]2O)C1(C)C. The van der Waals surface area contributed by atoms with Crippen LogP contribution in [0.5, 0.6) is 0 Å². The van der Waals surface area contributed by atoms with Crippen molar-refractivity contribution in [2.75, 3.05) is 0 Å². The summed E-state index contributed by atoms with van der Waals surface area (Å²) in [6.07, 6.45) is 7.83. The molecule has 17 heavy (non-hydrogen) atoms. The lowest BCUT2D eigenvalue weighted by Gasteiger charge is -2.44. The summed E-state index contributed by atoms with van der Waals surface area (Å²) < 4.78 is 0.